The minimum atomic E-state index is -0.172. The van der Waals surface area contributed by atoms with Gasteiger partial charge in [0.05, 0.1) is 11.8 Å². The monoisotopic (exact) mass is 284 g/mol. The van der Waals surface area contributed by atoms with Gasteiger partial charge in [-0.05, 0) is 12.1 Å². The molecule has 2 aromatic rings. The molecule has 0 spiro atoms. The normalized spacial score (nSPS) is 18.0. The summed E-state index contributed by atoms with van der Waals surface area (Å²) >= 11 is 0. The third-order valence-corrected chi connectivity index (χ3v) is 3.58. The molecule has 2 N–H and O–H groups in total. The number of aromatic nitrogens is 2. The van der Waals surface area contributed by atoms with Crippen LogP contribution in [0.4, 0.5) is 5.69 Å². The maximum atomic E-state index is 12.1. The number of anilines is 1. The number of nitrogens with one attached hydrogen (secondary N) is 2. The maximum Gasteiger partial charge on any atom is 0.254 e. The molecule has 2 heterocycles. The van der Waals surface area contributed by atoms with E-state index >= 15 is 0 Å². The van der Waals surface area contributed by atoms with Crippen LogP contribution in [0.1, 0.15) is 16.8 Å². The van der Waals surface area contributed by atoms with Gasteiger partial charge >= 0.3 is 0 Å². The third-order valence-electron chi connectivity index (χ3n) is 3.58. The Bertz CT molecular complexity index is 624. The van der Waals surface area contributed by atoms with Crippen LogP contribution in [-0.4, -0.2) is 35.1 Å². The van der Waals surface area contributed by atoms with Crippen LogP contribution < -0.4 is 10.2 Å². The number of hydrogen-bond acceptors (Lipinski definition) is 3. The number of hydrogen-bond donors (Lipinski definition) is 2. The molecule has 1 aromatic carbocycles. The van der Waals surface area contributed by atoms with Crippen molar-refractivity contribution in [1.82, 2.24) is 15.5 Å². The van der Waals surface area contributed by atoms with Crippen LogP contribution in [0.15, 0.2) is 42.7 Å². The van der Waals surface area contributed by atoms with E-state index in [4.69, 9.17) is 0 Å². The topological polar surface area (TPSA) is 78.1 Å². The lowest BCUT2D eigenvalue weighted by molar-refractivity contribution is -0.117. The standard InChI is InChI=1S/C15H16N4O2/c20-14-6-11(7-16-15(21)12-8-17-18-9-12)10-19(14)13-4-2-1-3-5-13/h1-5,8-9,11H,6-7,10H2,(H,16,21)(H,17,18). The van der Waals surface area contributed by atoms with Crippen LogP contribution in [-0.2, 0) is 4.79 Å². The molecule has 2 amide bonds. The predicted octanol–water partition coefficient (Wildman–Crippen LogP) is 1.19. The molecule has 1 aromatic heterocycles. The Kier molecular flexibility index (Phi) is 3.68. The summed E-state index contributed by atoms with van der Waals surface area (Å²) in [6.07, 6.45) is 3.48. The fourth-order valence-corrected chi connectivity index (χ4v) is 2.49. The first-order chi connectivity index (χ1) is 10.2. The highest BCUT2D eigenvalue weighted by Crippen LogP contribution is 2.24. The lowest BCUT2D eigenvalue weighted by Crippen LogP contribution is -2.31. The molecule has 21 heavy (non-hydrogen) atoms. The molecule has 0 aliphatic carbocycles. The zero-order chi connectivity index (χ0) is 14.7. The average molecular weight is 284 g/mol. The van der Waals surface area contributed by atoms with Gasteiger partial charge in [0.1, 0.15) is 0 Å². The van der Waals surface area contributed by atoms with E-state index in [9.17, 15) is 9.59 Å². The van der Waals surface area contributed by atoms with Crippen molar-refractivity contribution in [2.75, 3.05) is 18.0 Å². The van der Waals surface area contributed by atoms with Gasteiger partial charge in [-0.3, -0.25) is 14.7 Å². The summed E-state index contributed by atoms with van der Waals surface area (Å²) in [7, 11) is 0. The van der Waals surface area contributed by atoms with E-state index in [0.717, 1.165) is 5.69 Å². The Hall–Kier alpha value is -2.63. The molecule has 1 saturated heterocycles. The molecule has 1 aliphatic rings. The molecular weight excluding hydrogens is 268 g/mol. The van der Waals surface area contributed by atoms with Gasteiger partial charge in [0.25, 0.3) is 5.91 Å². The fraction of sp³-hybridized carbons (Fsp3) is 0.267. The van der Waals surface area contributed by atoms with Crippen LogP contribution in [0.5, 0.6) is 0 Å². The van der Waals surface area contributed by atoms with Crippen LogP contribution >= 0.6 is 0 Å². The van der Waals surface area contributed by atoms with Gasteiger partial charge in [-0.1, -0.05) is 18.2 Å². The lowest BCUT2D eigenvalue weighted by Gasteiger charge is -2.16. The number of benzene rings is 1. The van der Waals surface area contributed by atoms with Gasteiger partial charge in [0.15, 0.2) is 0 Å². The minimum absolute atomic E-state index is 0.101. The summed E-state index contributed by atoms with van der Waals surface area (Å²) in [6.45, 7) is 1.12. The van der Waals surface area contributed by atoms with Gasteiger partial charge in [-0.15, -0.1) is 0 Å². The second-order valence-corrected chi connectivity index (χ2v) is 5.11. The smallest absolute Gasteiger partial charge is 0.254 e. The van der Waals surface area contributed by atoms with E-state index in [2.05, 4.69) is 15.5 Å². The van der Waals surface area contributed by atoms with Crippen molar-refractivity contribution in [3.05, 3.63) is 48.3 Å². The number of para-hydroxylation sites is 1. The molecule has 0 saturated carbocycles. The molecule has 0 bridgehead atoms. The summed E-state index contributed by atoms with van der Waals surface area (Å²) in [6, 6.07) is 9.59. The summed E-state index contributed by atoms with van der Waals surface area (Å²) in [5.41, 5.74) is 1.41. The van der Waals surface area contributed by atoms with Crippen molar-refractivity contribution >= 4 is 17.5 Å². The SMILES string of the molecule is O=C(NCC1CC(=O)N(c2ccccc2)C1)c1cn[nH]c1. The Morgan fingerprint density at radius 2 is 2.19 bits per heavy atom. The Balaban J connectivity index is 1.57. The molecule has 1 unspecified atom stereocenters. The fourth-order valence-electron chi connectivity index (χ4n) is 2.49. The number of carbonyl (C=O) groups is 2. The quantitative estimate of drug-likeness (QED) is 0.885. The molecule has 1 fully saturated rings. The van der Waals surface area contributed by atoms with Crippen molar-refractivity contribution in [1.29, 1.82) is 0 Å². The van der Waals surface area contributed by atoms with E-state index in [1.807, 2.05) is 30.3 Å². The van der Waals surface area contributed by atoms with E-state index in [-0.39, 0.29) is 17.7 Å². The van der Waals surface area contributed by atoms with Crippen molar-refractivity contribution in [3.8, 4) is 0 Å². The Labute approximate surface area is 122 Å². The zero-order valence-corrected chi connectivity index (χ0v) is 11.5. The molecular formula is C15H16N4O2. The molecule has 6 nitrogen and oxygen atoms in total. The van der Waals surface area contributed by atoms with Crippen molar-refractivity contribution in [2.45, 2.75) is 6.42 Å². The van der Waals surface area contributed by atoms with Crippen molar-refractivity contribution in [3.63, 3.8) is 0 Å². The molecule has 108 valence electrons. The van der Waals surface area contributed by atoms with Crippen LogP contribution in [0, 0.1) is 5.92 Å². The highest BCUT2D eigenvalue weighted by atomic mass is 16.2. The molecule has 1 atom stereocenters. The summed E-state index contributed by atoms with van der Waals surface area (Å²) in [5.74, 6) is 0.0617. The number of amides is 2. The second kappa shape index (κ2) is 5.78. The molecule has 6 heteroatoms. The maximum absolute atomic E-state index is 12.1. The number of rotatable bonds is 4. The highest BCUT2D eigenvalue weighted by Gasteiger charge is 2.30. The van der Waals surface area contributed by atoms with Crippen LogP contribution in [0.2, 0.25) is 0 Å². The van der Waals surface area contributed by atoms with Crippen LogP contribution in [0.3, 0.4) is 0 Å². The van der Waals surface area contributed by atoms with Gasteiger partial charge in [-0.2, -0.15) is 5.10 Å². The number of carbonyl (C=O) groups excluding carboxylic acids is 2. The lowest BCUT2D eigenvalue weighted by atomic mass is 10.1. The predicted molar refractivity (Wildman–Crippen MR) is 77.8 cm³/mol. The summed E-state index contributed by atoms with van der Waals surface area (Å²) < 4.78 is 0. The third kappa shape index (κ3) is 2.94. The van der Waals surface area contributed by atoms with E-state index in [1.54, 1.807) is 11.1 Å². The van der Waals surface area contributed by atoms with E-state index < -0.39 is 0 Å². The number of H-pyrrole nitrogens is 1. The molecule has 3 rings (SSSR count). The van der Waals surface area contributed by atoms with Crippen LogP contribution in [0.25, 0.3) is 0 Å². The molecule has 1 aliphatic heterocycles. The second-order valence-electron chi connectivity index (χ2n) is 5.11. The first-order valence-corrected chi connectivity index (χ1v) is 6.86. The number of nitrogens with zero attached hydrogens (tertiary/aromatic N) is 2. The summed E-state index contributed by atoms with van der Waals surface area (Å²) in [4.78, 5) is 25.7. The van der Waals surface area contributed by atoms with Gasteiger partial charge in [0.2, 0.25) is 5.91 Å². The largest absolute Gasteiger partial charge is 0.352 e. The van der Waals surface area contributed by atoms with Crippen molar-refractivity contribution < 1.29 is 9.59 Å². The highest BCUT2D eigenvalue weighted by molar-refractivity contribution is 5.96. The van der Waals surface area contributed by atoms with Gasteiger partial charge in [-0.25, -0.2) is 0 Å². The first kappa shape index (κ1) is 13.4. The van der Waals surface area contributed by atoms with Gasteiger partial charge in [0, 0.05) is 37.3 Å². The minimum Gasteiger partial charge on any atom is -0.352 e. The summed E-state index contributed by atoms with van der Waals surface area (Å²) in [5, 5.41) is 9.18. The van der Waals surface area contributed by atoms with E-state index in [1.165, 1.54) is 6.20 Å². The zero-order valence-electron chi connectivity index (χ0n) is 11.5. The average Bonchev–Trinajstić information content (AvgIpc) is 3.15. The molecule has 0 radical (unpaired) electrons. The van der Waals surface area contributed by atoms with Gasteiger partial charge < -0.3 is 10.2 Å². The first-order valence-electron chi connectivity index (χ1n) is 6.86. The van der Waals surface area contributed by atoms with E-state index in [0.29, 0.717) is 25.1 Å². The Morgan fingerprint density at radius 1 is 1.38 bits per heavy atom. The number of aromatic amines is 1. The van der Waals surface area contributed by atoms with Crippen molar-refractivity contribution in [2.24, 2.45) is 5.92 Å². The Morgan fingerprint density at radius 3 is 2.90 bits per heavy atom.